The maximum absolute atomic E-state index is 13.2. The third-order valence-corrected chi connectivity index (χ3v) is 3.64. The molecule has 0 saturated heterocycles. The van der Waals surface area contributed by atoms with Gasteiger partial charge in [-0.2, -0.15) is 0 Å². The Hall–Kier alpha value is -1.62. The minimum Gasteiger partial charge on any atom is -0.491 e. The van der Waals surface area contributed by atoms with E-state index in [2.05, 4.69) is 0 Å². The molecule has 5 heteroatoms. The summed E-state index contributed by atoms with van der Waals surface area (Å²) in [6.45, 7) is 0.0546. The number of hydrogen-bond acceptors (Lipinski definition) is 3. The minimum atomic E-state index is -1.21. The number of carboxylic acid groups (broad SMARTS) is 1. The largest absolute Gasteiger partial charge is 0.491 e. The first-order chi connectivity index (χ1) is 9.54. The van der Waals surface area contributed by atoms with Crippen LogP contribution in [-0.4, -0.2) is 28.9 Å². The van der Waals surface area contributed by atoms with Gasteiger partial charge in [0, 0.05) is 6.07 Å². The number of benzene rings is 1. The molecular formula is C15H19FO4. The van der Waals surface area contributed by atoms with Gasteiger partial charge in [0.25, 0.3) is 0 Å². The second-order valence-corrected chi connectivity index (χ2v) is 5.33. The topological polar surface area (TPSA) is 66.8 Å². The molecule has 20 heavy (non-hydrogen) atoms. The summed E-state index contributed by atoms with van der Waals surface area (Å²) in [5.74, 6) is -1.20. The molecule has 1 fully saturated rings. The Morgan fingerprint density at radius 2 is 2.05 bits per heavy atom. The molecular weight excluding hydrogens is 263 g/mol. The highest BCUT2D eigenvalue weighted by Crippen LogP contribution is 2.28. The van der Waals surface area contributed by atoms with E-state index >= 15 is 0 Å². The molecule has 1 unspecified atom stereocenters. The monoisotopic (exact) mass is 282 g/mol. The average molecular weight is 282 g/mol. The predicted molar refractivity (Wildman–Crippen MR) is 71.4 cm³/mol. The number of halogens is 1. The maximum Gasteiger partial charge on any atom is 0.335 e. The van der Waals surface area contributed by atoms with Crippen LogP contribution in [0.25, 0.3) is 0 Å². The molecule has 0 aromatic heterocycles. The van der Waals surface area contributed by atoms with Crippen LogP contribution in [0.2, 0.25) is 0 Å². The number of aromatic carboxylic acids is 1. The van der Waals surface area contributed by atoms with E-state index in [1.54, 1.807) is 0 Å². The van der Waals surface area contributed by atoms with Crippen LogP contribution in [0.1, 0.15) is 42.5 Å². The van der Waals surface area contributed by atoms with Crippen LogP contribution in [0.5, 0.6) is 5.75 Å². The molecule has 4 nitrogen and oxygen atoms in total. The van der Waals surface area contributed by atoms with Gasteiger partial charge in [0.15, 0.2) is 0 Å². The van der Waals surface area contributed by atoms with Crippen LogP contribution in [0.3, 0.4) is 0 Å². The molecule has 0 radical (unpaired) electrons. The van der Waals surface area contributed by atoms with Crippen LogP contribution < -0.4 is 4.74 Å². The summed E-state index contributed by atoms with van der Waals surface area (Å²) in [6.07, 6.45) is 4.78. The van der Waals surface area contributed by atoms with Crippen molar-refractivity contribution in [1.82, 2.24) is 0 Å². The fraction of sp³-hybridized carbons (Fsp3) is 0.533. The molecule has 1 aromatic rings. The standard InChI is InChI=1S/C15H19FO4/c16-12-6-11(15(18)19)7-14(8-12)20-9-13(17)5-10-3-1-2-4-10/h6-8,10,13,17H,1-5,9H2,(H,18,19). The van der Waals surface area contributed by atoms with Gasteiger partial charge in [-0.1, -0.05) is 25.7 Å². The Labute approximate surface area is 117 Å². The van der Waals surface area contributed by atoms with Crippen molar-refractivity contribution in [1.29, 1.82) is 0 Å². The Bertz CT molecular complexity index is 469. The van der Waals surface area contributed by atoms with Crippen LogP contribution in [0.15, 0.2) is 18.2 Å². The van der Waals surface area contributed by atoms with Crippen molar-refractivity contribution in [3.63, 3.8) is 0 Å². The lowest BCUT2D eigenvalue weighted by atomic mass is 10.0. The third-order valence-electron chi connectivity index (χ3n) is 3.64. The minimum absolute atomic E-state index is 0.0546. The van der Waals surface area contributed by atoms with Gasteiger partial charge < -0.3 is 14.9 Å². The second kappa shape index (κ2) is 6.70. The van der Waals surface area contributed by atoms with Gasteiger partial charge >= 0.3 is 5.97 Å². The van der Waals surface area contributed by atoms with Crippen molar-refractivity contribution in [2.75, 3.05) is 6.61 Å². The number of aliphatic hydroxyl groups is 1. The second-order valence-electron chi connectivity index (χ2n) is 5.33. The van der Waals surface area contributed by atoms with Gasteiger partial charge in [0.2, 0.25) is 0 Å². The van der Waals surface area contributed by atoms with E-state index in [0.29, 0.717) is 12.3 Å². The quantitative estimate of drug-likeness (QED) is 0.842. The van der Waals surface area contributed by atoms with E-state index in [1.807, 2.05) is 0 Å². The van der Waals surface area contributed by atoms with Crippen LogP contribution >= 0.6 is 0 Å². The number of rotatable bonds is 6. The van der Waals surface area contributed by atoms with E-state index in [0.717, 1.165) is 25.0 Å². The number of carboxylic acids is 1. The molecule has 2 rings (SSSR count). The lowest BCUT2D eigenvalue weighted by molar-refractivity contribution is 0.0694. The Morgan fingerprint density at radius 3 is 2.70 bits per heavy atom. The highest BCUT2D eigenvalue weighted by molar-refractivity contribution is 5.88. The summed E-state index contributed by atoms with van der Waals surface area (Å²) in [4.78, 5) is 10.8. The van der Waals surface area contributed by atoms with E-state index in [4.69, 9.17) is 9.84 Å². The molecule has 1 saturated carbocycles. The number of aliphatic hydroxyl groups excluding tert-OH is 1. The molecule has 2 N–H and O–H groups in total. The van der Waals surface area contributed by atoms with Gasteiger partial charge in [-0.05, 0) is 24.5 Å². The number of ether oxygens (including phenoxy) is 1. The molecule has 110 valence electrons. The van der Waals surface area contributed by atoms with Crippen molar-refractivity contribution in [3.05, 3.63) is 29.6 Å². The molecule has 1 aliphatic rings. The van der Waals surface area contributed by atoms with Gasteiger partial charge in [-0.25, -0.2) is 9.18 Å². The zero-order chi connectivity index (χ0) is 14.5. The van der Waals surface area contributed by atoms with Crippen LogP contribution in [-0.2, 0) is 0 Å². The fourth-order valence-electron chi connectivity index (χ4n) is 2.66. The number of hydrogen-bond donors (Lipinski definition) is 2. The van der Waals surface area contributed by atoms with Crippen molar-refractivity contribution in [2.45, 2.75) is 38.2 Å². The summed E-state index contributed by atoms with van der Waals surface area (Å²) < 4.78 is 18.5. The molecule has 0 bridgehead atoms. The van der Waals surface area contributed by atoms with Crippen LogP contribution in [0.4, 0.5) is 4.39 Å². The average Bonchev–Trinajstić information content (AvgIpc) is 2.88. The third kappa shape index (κ3) is 4.20. The zero-order valence-electron chi connectivity index (χ0n) is 11.2. The van der Waals surface area contributed by atoms with Crippen molar-refractivity contribution < 1.29 is 24.1 Å². The Balaban J connectivity index is 1.87. The van der Waals surface area contributed by atoms with Crippen molar-refractivity contribution >= 4 is 5.97 Å². The van der Waals surface area contributed by atoms with Crippen LogP contribution in [0, 0.1) is 11.7 Å². The van der Waals surface area contributed by atoms with Crippen molar-refractivity contribution in [3.8, 4) is 5.75 Å². The molecule has 1 aliphatic carbocycles. The first-order valence-electron chi connectivity index (χ1n) is 6.89. The normalized spacial score (nSPS) is 17.1. The summed E-state index contributed by atoms with van der Waals surface area (Å²) in [6, 6.07) is 3.31. The first-order valence-corrected chi connectivity index (χ1v) is 6.89. The lowest BCUT2D eigenvalue weighted by Crippen LogP contribution is -2.20. The van der Waals surface area contributed by atoms with E-state index < -0.39 is 17.9 Å². The SMILES string of the molecule is O=C(O)c1cc(F)cc(OCC(O)CC2CCCC2)c1. The van der Waals surface area contributed by atoms with Gasteiger partial charge in [-0.3, -0.25) is 0 Å². The summed E-state index contributed by atoms with van der Waals surface area (Å²) >= 11 is 0. The smallest absolute Gasteiger partial charge is 0.335 e. The van der Waals surface area contributed by atoms with Gasteiger partial charge in [0.1, 0.15) is 18.2 Å². The van der Waals surface area contributed by atoms with Gasteiger partial charge in [0.05, 0.1) is 11.7 Å². The van der Waals surface area contributed by atoms with Gasteiger partial charge in [-0.15, -0.1) is 0 Å². The lowest BCUT2D eigenvalue weighted by Gasteiger charge is -2.16. The predicted octanol–water partition coefficient (Wildman–Crippen LogP) is 2.84. The summed E-state index contributed by atoms with van der Waals surface area (Å²) in [7, 11) is 0. The fourth-order valence-corrected chi connectivity index (χ4v) is 2.66. The van der Waals surface area contributed by atoms with E-state index in [1.165, 1.54) is 18.9 Å². The van der Waals surface area contributed by atoms with E-state index in [-0.39, 0.29) is 17.9 Å². The van der Waals surface area contributed by atoms with E-state index in [9.17, 15) is 14.3 Å². The Kier molecular flexibility index (Phi) is 4.95. The molecule has 0 amide bonds. The highest BCUT2D eigenvalue weighted by atomic mass is 19.1. The first kappa shape index (κ1) is 14.8. The maximum atomic E-state index is 13.2. The molecule has 1 aromatic carbocycles. The molecule has 0 aliphatic heterocycles. The number of carbonyl (C=O) groups is 1. The molecule has 0 spiro atoms. The molecule has 0 heterocycles. The van der Waals surface area contributed by atoms with Crippen molar-refractivity contribution in [2.24, 2.45) is 5.92 Å². The Morgan fingerprint density at radius 1 is 1.35 bits per heavy atom. The summed E-state index contributed by atoms with van der Waals surface area (Å²) in [5, 5.41) is 18.7. The highest BCUT2D eigenvalue weighted by Gasteiger charge is 2.19. The summed E-state index contributed by atoms with van der Waals surface area (Å²) in [5.41, 5.74) is -0.162. The zero-order valence-corrected chi connectivity index (χ0v) is 11.2. The molecule has 1 atom stereocenters.